The molecule has 0 spiro atoms. The summed E-state index contributed by atoms with van der Waals surface area (Å²) in [5.41, 5.74) is 4.02. The highest BCUT2D eigenvalue weighted by Crippen LogP contribution is 2.62. The Morgan fingerprint density at radius 3 is 1.11 bits per heavy atom. The van der Waals surface area contributed by atoms with Crippen molar-refractivity contribution >= 4 is 26.5 Å². The van der Waals surface area contributed by atoms with Crippen molar-refractivity contribution in [3.8, 4) is 0 Å². The van der Waals surface area contributed by atoms with Gasteiger partial charge < -0.3 is 0 Å². The van der Waals surface area contributed by atoms with Crippen LogP contribution in [0.25, 0.3) is 0 Å². The first kappa shape index (κ1) is 22.8. The molecule has 4 atom stereocenters. The van der Waals surface area contributed by atoms with Crippen LogP contribution in [0.5, 0.6) is 0 Å². The van der Waals surface area contributed by atoms with E-state index < -0.39 is 0 Å². The first-order valence-corrected chi connectivity index (χ1v) is 15.4. The van der Waals surface area contributed by atoms with Gasteiger partial charge in [-0.25, -0.2) is 0 Å². The van der Waals surface area contributed by atoms with Crippen molar-refractivity contribution in [2.45, 2.75) is 127 Å². The molecule has 0 aromatic heterocycles. The van der Waals surface area contributed by atoms with E-state index in [1.165, 1.54) is 77.0 Å². The van der Waals surface area contributed by atoms with E-state index in [0.717, 1.165) is 22.6 Å². The van der Waals surface area contributed by atoms with Gasteiger partial charge in [-0.1, -0.05) is 93.5 Å². The average Bonchev–Trinajstić information content (AvgIpc) is 3.27. The van der Waals surface area contributed by atoms with Crippen LogP contribution in [0.4, 0.5) is 0 Å². The zero-order valence-electron chi connectivity index (χ0n) is 19.0. The van der Waals surface area contributed by atoms with Crippen molar-refractivity contribution in [1.82, 2.24) is 0 Å². The Morgan fingerprint density at radius 1 is 0.571 bits per heavy atom. The molecular weight excluding hydrogens is 374 g/mol. The summed E-state index contributed by atoms with van der Waals surface area (Å²) in [6.07, 6.45) is 17.4. The number of benzene rings is 1. The fourth-order valence-electron chi connectivity index (χ4n) is 6.08. The van der Waals surface area contributed by atoms with Gasteiger partial charge in [0, 0.05) is 0 Å². The van der Waals surface area contributed by atoms with E-state index >= 15 is 0 Å². The van der Waals surface area contributed by atoms with E-state index in [9.17, 15) is 0 Å². The molecule has 0 unspecified atom stereocenters. The Labute approximate surface area is 178 Å². The molecule has 0 radical (unpaired) electrons. The lowest BCUT2D eigenvalue weighted by Crippen LogP contribution is -2.30. The molecule has 0 aliphatic carbocycles. The summed E-state index contributed by atoms with van der Waals surface area (Å²) in [4.78, 5) is 0. The first-order chi connectivity index (χ1) is 13.7. The van der Waals surface area contributed by atoms with Gasteiger partial charge in [0.15, 0.2) is 0 Å². The van der Waals surface area contributed by atoms with Gasteiger partial charge in [-0.3, -0.25) is 0 Å². The quantitative estimate of drug-likeness (QED) is 0.336. The van der Waals surface area contributed by atoms with Gasteiger partial charge in [0.25, 0.3) is 0 Å². The molecule has 0 bridgehead atoms. The van der Waals surface area contributed by atoms with E-state index in [2.05, 4.69) is 52.0 Å². The van der Waals surface area contributed by atoms with Crippen LogP contribution in [0, 0.1) is 0 Å². The van der Waals surface area contributed by atoms with Crippen LogP contribution in [-0.2, 0) is 0 Å². The molecule has 2 heterocycles. The van der Waals surface area contributed by atoms with Crippen LogP contribution < -0.4 is 10.6 Å². The molecule has 2 aliphatic heterocycles. The van der Waals surface area contributed by atoms with Gasteiger partial charge in [-0.15, -0.1) is 0 Å². The van der Waals surface area contributed by atoms with Gasteiger partial charge in [0.05, 0.1) is 0 Å². The van der Waals surface area contributed by atoms with Crippen LogP contribution in [0.1, 0.15) is 105 Å². The zero-order valence-corrected chi connectivity index (χ0v) is 20.8. The summed E-state index contributed by atoms with van der Waals surface area (Å²) >= 11 is 0. The minimum atomic E-state index is 0.0438. The summed E-state index contributed by atoms with van der Waals surface area (Å²) in [7, 11) is 0.0876. The van der Waals surface area contributed by atoms with Crippen molar-refractivity contribution in [1.29, 1.82) is 0 Å². The molecule has 1 aromatic carbocycles. The molecule has 0 amide bonds. The summed E-state index contributed by atoms with van der Waals surface area (Å²) < 4.78 is 0. The Kier molecular flexibility index (Phi) is 9.32. The SMILES string of the molecule is CCC[C@H]1CC[C@H](CCC)P1c1ccccc1P1[C@@H](CCC)CC[C@@H]1CCC. The van der Waals surface area contributed by atoms with E-state index in [1.54, 1.807) is 0 Å². The average molecular weight is 419 g/mol. The molecule has 2 fully saturated rings. The van der Waals surface area contributed by atoms with Gasteiger partial charge in [0.1, 0.15) is 0 Å². The highest BCUT2D eigenvalue weighted by Gasteiger charge is 2.41. The minimum Gasteiger partial charge on any atom is -0.0683 e. The molecule has 2 aliphatic rings. The monoisotopic (exact) mass is 418 g/mol. The Morgan fingerprint density at radius 2 is 0.857 bits per heavy atom. The van der Waals surface area contributed by atoms with Crippen LogP contribution in [0.15, 0.2) is 24.3 Å². The molecule has 0 N–H and O–H groups in total. The smallest absolute Gasteiger partial charge is 0.0158 e. The maximum Gasteiger partial charge on any atom is -0.0158 e. The van der Waals surface area contributed by atoms with Crippen molar-refractivity contribution < 1.29 is 0 Å². The van der Waals surface area contributed by atoms with E-state index in [-0.39, 0.29) is 15.8 Å². The molecule has 28 heavy (non-hydrogen) atoms. The normalized spacial score (nSPS) is 29.0. The molecule has 3 rings (SSSR count). The summed E-state index contributed by atoms with van der Waals surface area (Å²) in [5, 5.41) is 3.75. The Bertz CT molecular complexity index is 505. The van der Waals surface area contributed by atoms with E-state index in [1.807, 2.05) is 10.6 Å². The predicted molar refractivity (Wildman–Crippen MR) is 133 cm³/mol. The van der Waals surface area contributed by atoms with Crippen molar-refractivity contribution in [3.63, 3.8) is 0 Å². The molecule has 2 heteroatoms. The largest absolute Gasteiger partial charge is 0.0683 e. The van der Waals surface area contributed by atoms with E-state index in [0.29, 0.717) is 0 Å². The fraction of sp³-hybridized carbons (Fsp3) is 0.769. The van der Waals surface area contributed by atoms with Crippen molar-refractivity contribution in [3.05, 3.63) is 24.3 Å². The van der Waals surface area contributed by atoms with E-state index in [4.69, 9.17) is 0 Å². The lowest BCUT2D eigenvalue weighted by molar-refractivity contribution is 0.649. The van der Waals surface area contributed by atoms with Crippen molar-refractivity contribution in [2.75, 3.05) is 0 Å². The highest BCUT2D eigenvalue weighted by molar-refractivity contribution is 7.73. The number of hydrogen-bond donors (Lipinski definition) is 0. The first-order valence-electron chi connectivity index (χ1n) is 12.4. The molecule has 2 saturated heterocycles. The van der Waals surface area contributed by atoms with Gasteiger partial charge >= 0.3 is 0 Å². The Balaban J connectivity index is 1.98. The van der Waals surface area contributed by atoms with Gasteiger partial charge in [-0.05, 0) is 84.6 Å². The maximum absolute atomic E-state index is 2.60. The molecular formula is C26H44P2. The van der Waals surface area contributed by atoms with Crippen LogP contribution in [-0.4, -0.2) is 22.6 Å². The summed E-state index contributed by atoms with van der Waals surface area (Å²) in [6, 6.07) is 9.95. The second-order valence-corrected chi connectivity index (χ2v) is 14.7. The summed E-state index contributed by atoms with van der Waals surface area (Å²) in [5.74, 6) is 0. The van der Waals surface area contributed by atoms with Crippen LogP contribution in [0.3, 0.4) is 0 Å². The molecule has 158 valence electrons. The Hall–Kier alpha value is 0.0800. The molecule has 0 nitrogen and oxygen atoms in total. The third-order valence-corrected chi connectivity index (χ3v) is 14.4. The number of rotatable bonds is 10. The topological polar surface area (TPSA) is 0 Å². The van der Waals surface area contributed by atoms with Crippen LogP contribution >= 0.6 is 15.8 Å². The molecule has 1 aromatic rings. The predicted octanol–water partition coefficient (Wildman–Crippen LogP) is 8.16. The van der Waals surface area contributed by atoms with Crippen LogP contribution in [0.2, 0.25) is 0 Å². The van der Waals surface area contributed by atoms with Gasteiger partial charge in [-0.2, -0.15) is 0 Å². The minimum absolute atomic E-state index is 0.0438. The highest BCUT2D eigenvalue weighted by atomic mass is 31.1. The second-order valence-electron chi connectivity index (χ2n) is 9.23. The standard InChI is InChI=1S/C26H44P2/c1-5-11-21-17-18-22(12-6-2)27(21)25-15-9-10-16-26(25)28-23(13-7-3)19-20-24(28)14-8-4/h9-10,15-16,21-24H,5-8,11-14,17-20H2,1-4H3/t21-,22-,23-,24-/m0/s1. The van der Waals surface area contributed by atoms with Gasteiger partial charge in [0.2, 0.25) is 0 Å². The van der Waals surface area contributed by atoms with Crippen molar-refractivity contribution in [2.24, 2.45) is 0 Å². The third-order valence-electron chi connectivity index (χ3n) is 7.17. The third kappa shape index (κ3) is 5.03. The second kappa shape index (κ2) is 11.5. The molecule has 0 saturated carbocycles. The number of hydrogen-bond acceptors (Lipinski definition) is 0. The summed E-state index contributed by atoms with van der Waals surface area (Å²) in [6.45, 7) is 9.62. The lowest BCUT2D eigenvalue weighted by Gasteiger charge is -2.33. The fourth-order valence-corrected chi connectivity index (χ4v) is 14.6. The maximum atomic E-state index is 2.60. The lowest BCUT2D eigenvalue weighted by atomic mass is 10.1. The zero-order chi connectivity index (χ0) is 19.9.